The van der Waals surface area contributed by atoms with Gasteiger partial charge in [-0.25, -0.2) is 0 Å². The van der Waals surface area contributed by atoms with Crippen molar-refractivity contribution in [3.8, 4) is 11.8 Å². The molecule has 0 fully saturated rings. The summed E-state index contributed by atoms with van der Waals surface area (Å²) in [4.78, 5) is 24.6. The van der Waals surface area contributed by atoms with E-state index in [1.54, 1.807) is 79.9 Å². The van der Waals surface area contributed by atoms with E-state index in [0.717, 1.165) is 0 Å². The van der Waals surface area contributed by atoms with E-state index in [4.69, 9.17) is 10.00 Å². The summed E-state index contributed by atoms with van der Waals surface area (Å²) in [6, 6.07) is 22.0. The van der Waals surface area contributed by atoms with E-state index in [2.05, 4.69) is 10.6 Å². The Morgan fingerprint density at radius 3 is 1.61 bits per heavy atom. The highest BCUT2D eigenvalue weighted by molar-refractivity contribution is 6.06. The first-order valence-electron chi connectivity index (χ1n) is 8.46. The first-order valence-corrected chi connectivity index (χ1v) is 8.46. The minimum atomic E-state index is -0.292. The molecule has 3 aromatic carbocycles. The quantitative estimate of drug-likeness (QED) is 0.707. The highest BCUT2D eigenvalue weighted by Crippen LogP contribution is 2.17. The molecule has 0 aliphatic rings. The molecule has 0 aliphatic heterocycles. The molecule has 0 aliphatic carbocycles. The van der Waals surface area contributed by atoms with Crippen LogP contribution < -0.4 is 15.4 Å². The smallest absolute Gasteiger partial charge is 0.255 e. The predicted molar refractivity (Wildman–Crippen MR) is 106 cm³/mol. The van der Waals surface area contributed by atoms with Crippen molar-refractivity contribution >= 4 is 23.2 Å². The Hall–Kier alpha value is -4.11. The van der Waals surface area contributed by atoms with E-state index >= 15 is 0 Å². The summed E-state index contributed by atoms with van der Waals surface area (Å²) >= 11 is 0. The Labute approximate surface area is 162 Å². The van der Waals surface area contributed by atoms with Crippen LogP contribution in [-0.2, 0) is 0 Å². The van der Waals surface area contributed by atoms with E-state index in [9.17, 15) is 9.59 Å². The van der Waals surface area contributed by atoms with Crippen LogP contribution in [0.1, 0.15) is 26.3 Å². The second kappa shape index (κ2) is 8.52. The van der Waals surface area contributed by atoms with Gasteiger partial charge in [0.05, 0.1) is 18.7 Å². The van der Waals surface area contributed by atoms with Crippen LogP contribution in [0.2, 0.25) is 0 Å². The van der Waals surface area contributed by atoms with Gasteiger partial charge in [0.2, 0.25) is 0 Å². The minimum Gasteiger partial charge on any atom is -0.497 e. The molecule has 0 heterocycles. The number of nitrogens with zero attached hydrogens (tertiary/aromatic N) is 1. The summed E-state index contributed by atoms with van der Waals surface area (Å²) in [5, 5.41) is 14.4. The summed E-state index contributed by atoms with van der Waals surface area (Å²) in [5.74, 6) is 0.162. The molecular weight excluding hydrogens is 354 g/mol. The average Bonchev–Trinajstić information content (AvgIpc) is 2.74. The van der Waals surface area contributed by atoms with Gasteiger partial charge in [-0.1, -0.05) is 0 Å². The van der Waals surface area contributed by atoms with Crippen molar-refractivity contribution in [1.29, 1.82) is 5.26 Å². The van der Waals surface area contributed by atoms with Crippen LogP contribution in [0.25, 0.3) is 0 Å². The van der Waals surface area contributed by atoms with Crippen molar-refractivity contribution < 1.29 is 14.3 Å². The number of hydrogen-bond donors (Lipinski definition) is 2. The normalized spacial score (nSPS) is 9.86. The fourth-order valence-electron chi connectivity index (χ4n) is 2.48. The average molecular weight is 371 g/mol. The van der Waals surface area contributed by atoms with Gasteiger partial charge in [0.25, 0.3) is 11.8 Å². The molecular formula is C22H17N3O3. The van der Waals surface area contributed by atoms with Crippen molar-refractivity contribution in [2.45, 2.75) is 0 Å². The molecule has 0 atom stereocenters. The molecule has 0 spiro atoms. The van der Waals surface area contributed by atoms with Gasteiger partial charge in [-0.15, -0.1) is 0 Å². The number of amides is 2. The highest BCUT2D eigenvalue weighted by atomic mass is 16.5. The minimum absolute atomic E-state index is 0.255. The largest absolute Gasteiger partial charge is 0.497 e. The lowest BCUT2D eigenvalue weighted by molar-refractivity contribution is 0.102. The van der Waals surface area contributed by atoms with Gasteiger partial charge >= 0.3 is 0 Å². The molecule has 6 nitrogen and oxygen atoms in total. The zero-order valence-corrected chi connectivity index (χ0v) is 15.1. The van der Waals surface area contributed by atoms with Gasteiger partial charge < -0.3 is 15.4 Å². The fourth-order valence-corrected chi connectivity index (χ4v) is 2.48. The van der Waals surface area contributed by atoms with Crippen LogP contribution in [0.5, 0.6) is 5.75 Å². The number of carbonyl (C=O) groups is 2. The molecule has 2 amide bonds. The van der Waals surface area contributed by atoms with Crippen molar-refractivity contribution in [2.24, 2.45) is 0 Å². The Morgan fingerprint density at radius 1 is 0.750 bits per heavy atom. The molecule has 0 saturated carbocycles. The standard InChI is InChI=1S/C22H17N3O3/c1-28-20-12-10-19(11-13-20)25-22(27)17-6-8-18(9-7-17)24-21(26)16-4-2-15(14-23)3-5-16/h2-13H,1H3,(H,24,26)(H,25,27). The molecule has 6 heteroatoms. The molecule has 0 bridgehead atoms. The third kappa shape index (κ3) is 4.54. The molecule has 3 aromatic rings. The number of nitrogens with one attached hydrogen (secondary N) is 2. The topological polar surface area (TPSA) is 91.2 Å². The van der Waals surface area contributed by atoms with E-state index < -0.39 is 0 Å². The lowest BCUT2D eigenvalue weighted by Gasteiger charge is -2.08. The van der Waals surface area contributed by atoms with Crippen molar-refractivity contribution in [3.05, 3.63) is 89.5 Å². The Balaban J connectivity index is 1.62. The van der Waals surface area contributed by atoms with Crippen LogP contribution in [0, 0.1) is 11.3 Å². The monoisotopic (exact) mass is 371 g/mol. The summed E-state index contributed by atoms with van der Waals surface area (Å²) in [5.41, 5.74) is 2.62. The van der Waals surface area contributed by atoms with Crippen LogP contribution >= 0.6 is 0 Å². The molecule has 0 unspecified atom stereocenters. The molecule has 138 valence electrons. The summed E-state index contributed by atoms with van der Waals surface area (Å²) in [6.07, 6.45) is 0. The van der Waals surface area contributed by atoms with Gasteiger partial charge in [0.15, 0.2) is 0 Å². The van der Waals surface area contributed by atoms with Crippen molar-refractivity contribution in [1.82, 2.24) is 0 Å². The molecule has 28 heavy (non-hydrogen) atoms. The van der Waals surface area contributed by atoms with E-state index in [1.165, 1.54) is 0 Å². The fraction of sp³-hybridized carbons (Fsp3) is 0.0455. The lowest BCUT2D eigenvalue weighted by Crippen LogP contribution is -2.13. The number of anilines is 2. The third-order valence-corrected chi connectivity index (χ3v) is 4.03. The van der Waals surface area contributed by atoms with Crippen LogP contribution in [0.3, 0.4) is 0 Å². The summed E-state index contributed by atoms with van der Waals surface area (Å²) < 4.78 is 5.09. The van der Waals surface area contributed by atoms with Gasteiger partial charge in [-0.2, -0.15) is 5.26 Å². The predicted octanol–water partition coefficient (Wildman–Crippen LogP) is 4.07. The number of ether oxygens (including phenoxy) is 1. The summed E-state index contributed by atoms with van der Waals surface area (Å²) in [6.45, 7) is 0. The molecule has 3 rings (SSSR count). The highest BCUT2D eigenvalue weighted by Gasteiger charge is 2.09. The number of benzene rings is 3. The van der Waals surface area contributed by atoms with Gasteiger partial charge in [0, 0.05) is 22.5 Å². The Kier molecular flexibility index (Phi) is 5.68. The van der Waals surface area contributed by atoms with E-state index in [0.29, 0.717) is 33.8 Å². The molecule has 0 aromatic heterocycles. The maximum atomic E-state index is 12.3. The number of carbonyl (C=O) groups excluding carboxylic acids is 2. The number of methoxy groups -OCH3 is 1. The van der Waals surface area contributed by atoms with Crippen LogP contribution in [0.4, 0.5) is 11.4 Å². The number of rotatable bonds is 5. The van der Waals surface area contributed by atoms with Gasteiger partial charge in [0.1, 0.15) is 5.75 Å². The Bertz CT molecular complexity index is 1020. The van der Waals surface area contributed by atoms with E-state index in [-0.39, 0.29) is 11.8 Å². The Morgan fingerprint density at radius 2 is 1.18 bits per heavy atom. The zero-order valence-electron chi connectivity index (χ0n) is 15.1. The van der Waals surface area contributed by atoms with Crippen molar-refractivity contribution in [2.75, 3.05) is 17.7 Å². The summed E-state index contributed by atoms with van der Waals surface area (Å²) in [7, 11) is 1.58. The molecule has 0 radical (unpaired) electrons. The third-order valence-electron chi connectivity index (χ3n) is 4.03. The maximum absolute atomic E-state index is 12.3. The van der Waals surface area contributed by atoms with Gasteiger partial charge in [-0.05, 0) is 72.8 Å². The van der Waals surface area contributed by atoms with E-state index in [1.807, 2.05) is 6.07 Å². The molecule has 0 saturated heterocycles. The maximum Gasteiger partial charge on any atom is 0.255 e. The van der Waals surface area contributed by atoms with Gasteiger partial charge in [-0.3, -0.25) is 9.59 Å². The molecule has 2 N–H and O–H groups in total. The zero-order chi connectivity index (χ0) is 19.9. The van der Waals surface area contributed by atoms with Crippen LogP contribution in [0.15, 0.2) is 72.8 Å². The lowest BCUT2D eigenvalue weighted by atomic mass is 10.1. The second-order valence-corrected chi connectivity index (χ2v) is 5.90. The first-order chi connectivity index (χ1) is 13.6. The SMILES string of the molecule is COc1ccc(NC(=O)c2ccc(NC(=O)c3ccc(C#N)cc3)cc2)cc1. The number of hydrogen-bond acceptors (Lipinski definition) is 4. The first kappa shape index (κ1) is 18.7. The second-order valence-electron chi connectivity index (χ2n) is 5.90. The number of nitriles is 1. The van der Waals surface area contributed by atoms with Crippen molar-refractivity contribution in [3.63, 3.8) is 0 Å². The van der Waals surface area contributed by atoms with Crippen LogP contribution in [-0.4, -0.2) is 18.9 Å².